The Bertz CT molecular complexity index is 331. The zero-order chi connectivity index (χ0) is 9.68. The number of hydrogen-bond acceptors (Lipinski definition) is 5. The number of nitrogens with two attached hydrogens (primary N) is 1. The molecule has 2 N–H and O–H groups in total. The van der Waals surface area contributed by atoms with Crippen LogP contribution in [-0.4, -0.2) is 5.97 Å². The molecule has 0 spiro atoms. The highest BCUT2D eigenvalue weighted by Gasteiger charge is 2.11. The highest BCUT2D eigenvalue weighted by atomic mass is 32.4. The summed E-state index contributed by atoms with van der Waals surface area (Å²) >= 11 is 4.58. The second-order valence-corrected chi connectivity index (χ2v) is 2.85. The molecule has 0 amide bonds. The lowest BCUT2D eigenvalue weighted by Crippen LogP contribution is -2.10. The molecule has 1 aromatic rings. The van der Waals surface area contributed by atoms with Gasteiger partial charge in [0.2, 0.25) is 7.58 Å². The summed E-state index contributed by atoms with van der Waals surface area (Å²) in [5, 5.41) is 0. The van der Waals surface area contributed by atoms with E-state index in [0.717, 1.165) is 0 Å². The van der Waals surface area contributed by atoms with Crippen LogP contribution in [0.3, 0.4) is 0 Å². The number of hydrogen-bond donors (Lipinski definition) is 1. The summed E-state index contributed by atoms with van der Waals surface area (Å²) in [6, 6.07) is 6.57. The van der Waals surface area contributed by atoms with Crippen molar-refractivity contribution in [1.29, 1.82) is 0 Å². The van der Waals surface area contributed by atoms with Crippen molar-refractivity contribution in [3.05, 3.63) is 29.8 Å². The Balaban J connectivity index is 3.03. The van der Waals surface area contributed by atoms with Gasteiger partial charge in [-0.2, -0.15) is 5.90 Å². The minimum absolute atomic E-state index is 0.266. The second-order valence-electron chi connectivity index (χ2n) is 2.07. The molecule has 0 aliphatic carbocycles. The van der Waals surface area contributed by atoms with Crippen LogP contribution in [0.4, 0.5) is 0 Å². The van der Waals surface area contributed by atoms with Gasteiger partial charge in [-0.1, -0.05) is 12.1 Å². The van der Waals surface area contributed by atoms with Gasteiger partial charge >= 0.3 is 5.97 Å². The van der Waals surface area contributed by atoms with E-state index in [1.54, 1.807) is 24.3 Å². The smallest absolute Gasteiger partial charge is 0.360 e. The van der Waals surface area contributed by atoms with Crippen LogP contribution in [0.15, 0.2) is 24.3 Å². The molecule has 0 radical (unpaired) electrons. The van der Waals surface area contributed by atoms with Crippen molar-refractivity contribution in [1.82, 2.24) is 0 Å². The highest BCUT2D eigenvalue weighted by Crippen LogP contribution is 2.21. The fourth-order valence-electron chi connectivity index (χ4n) is 0.819. The molecular weight excluding hydrogens is 209 g/mol. The molecule has 0 unspecified atom stereocenters. The van der Waals surface area contributed by atoms with Crippen LogP contribution in [0.2, 0.25) is 0 Å². The van der Waals surface area contributed by atoms with Crippen molar-refractivity contribution >= 4 is 25.4 Å². The van der Waals surface area contributed by atoms with Crippen LogP contribution in [-0.2, 0) is 16.6 Å². The number of rotatable bonds is 3. The van der Waals surface area contributed by atoms with E-state index in [-0.39, 0.29) is 5.56 Å². The fraction of sp³-hybridized carbons (Fsp3) is 0. The summed E-state index contributed by atoms with van der Waals surface area (Å²) < 4.78 is 4.99. The third-order valence-corrected chi connectivity index (χ3v) is 1.84. The average molecular weight is 215 g/mol. The first-order valence-corrected chi connectivity index (χ1v) is 5.12. The normalized spacial score (nSPS) is 9.62. The van der Waals surface area contributed by atoms with Crippen LogP contribution >= 0.6 is 7.58 Å². The molecule has 0 bridgehead atoms. The van der Waals surface area contributed by atoms with E-state index in [1.165, 1.54) is 0 Å². The standard InChI is InChI=1S/C7H6NO3PS/c8-10-7(9)5-3-1-2-4-6(5)11-12-13/h1-4H,8H2. The van der Waals surface area contributed by atoms with Crippen LogP contribution < -0.4 is 10.4 Å². The third kappa shape index (κ3) is 2.45. The molecule has 0 aliphatic heterocycles. The summed E-state index contributed by atoms with van der Waals surface area (Å²) in [6.45, 7) is 0. The third-order valence-electron chi connectivity index (χ3n) is 1.35. The van der Waals surface area contributed by atoms with E-state index in [2.05, 4.69) is 16.6 Å². The fourth-order valence-corrected chi connectivity index (χ4v) is 1.30. The molecular formula is C7H6NO3PS. The van der Waals surface area contributed by atoms with E-state index in [9.17, 15) is 4.79 Å². The second kappa shape index (κ2) is 4.87. The molecule has 0 aromatic heterocycles. The van der Waals surface area contributed by atoms with Crippen molar-refractivity contribution in [3.8, 4) is 5.75 Å². The monoisotopic (exact) mass is 215 g/mol. The lowest BCUT2D eigenvalue weighted by atomic mass is 10.2. The van der Waals surface area contributed by atoms with Crippen molar-refractivity contribution in [3.63, 3.8) is 0 Å². The minimum Gasteiger partial charge on any atom is -0.428 e. The largest absolute Gasteiger partial charge is 0.428 e. The lowest BCUT2D eigenvalue weighted by molar-refractivity contribution is 0.0501. The Morgan fingerprint density at radius 2 is 2.15 bits per heavy atom. The number of benzene rings is 1. The zero-order valence-electron chi connectivity index (χ0n) is 6.47. The van der Waals surface area contributed by atoms with Gasteiger partial charge < -0.3 is 9.36 Å². The van der Waals surface area contributed by atoms with Crippen LogP contribution in [0.25, 0.3) is 0 Å². The Morgan fingerprint density at radius 1 is 1.46 bits per heavy atom. The maximum Gasteiger partial charge on any atom is 0.360 e. The SMILES string of the molecule is NOC(=O)c1ccccc1OP=S. The molecule has 1 rings (SSSR count). The van der Waals surface area contributed by atoms with Gasteiger partial charge in [-0.3, -0.25) is 0 Å². The van der Waals surface area contributed by atoms with Crippen LogP contribution in [0, 0.1) is 0 Å². The van der Waals surface area contributed by atoms with Crippen LogP contribution in [0.1, 0.15) is 10.4 Å². The predicted octanol–water partition coefficient (Wildman–Crippen LogP) is 1.42. The molecule has 13 heavy (non-hydrogen) atoms. The van der Waals surface area contributed by atoms with Crippen molar-refractivity contribution in [2.45, 2.75) is 0 Å². The summed E-state index contributed by atoms with van der Waals surface area (Å²) in [5.74, 6) is 4.46. The Kier molecular flexibility index (Phi) is 3.76. The number of para-hydroxylation sites is 1. The molecule has 0 saturated heterocycles. The topological polar surface area (TPSA) is 61.5 Å². The van der Waals surface area contributed by atoms with E-state index in [0.29, 0.717) is 13.3 Å². The first-order valence-electron chi connectivity index (χ1n) is 3.29. The molecule has 68 valence electrons. The van der Waals surface area contributed by atoms with E-state index >= 15 is 0 Å². The first-order chi connectivity index (χ1) is 6.29. The molecule has 0 fully saturated rings. The zero-order valence-corrected chi connectivity index (χ0v) is 8.18. The quantitative estimate of drug-likeness (QED) is 0.610. The van der Waals surface area contributed by atoms with Crippen molar-refractivity contribution in [2.75, 3.05) is 0 Å². The molecule has 0 heterocycles. The van der Waals surface area contributed by atoms with Gasteiger partial charge in [0.1, 0.15) is 11.3 Å². The molecule has 4 nitrogen and oxygen atoms in total. The Labute approximate surface area is 81.5 Å². The molecule has 0 atom stereocenters. The van der Waals surface area contributed by atoms with Gasteiger partial charge in [0.15, 0.2) is 0 Å². The number of carbonyl (C=O) groups excluding carboxylic acids is 1. The summed E-state index contributed by atoms with van der Waals surface area (Å²) in [6.07, 6.45) is 0. The highest BCUT2D eigenvalue weighted by molar-refractivity contribution is 7.94. The summed E-state index contributed by atoms with van der Waals surface area (Å²) in [4.78, 5) is 15.1. The summed E-state index contributed by atoms with van der Waals surface area (Å²) in [5.41, 5.74) is 0.266. The molecule has 6 heteroatoms. The first kappa shape index (κ1) is 10.1. The minimum atomic E-state index is -0.644. The van der Waals surface area contributed by atoms with Crippen molar-refractivity contribution < 1.29 is 14.2 Å². The van der Waals surface area contributed by atoms with Gasteiger partial charge in [0.25, 0.3) is 0 Å². The van der Waals surface area contributed by atoms with Gasteiger partial charge in [-0.15, -0.1) is 0 Å². The number of carbonyl (C=O) groups is 1. The van der Waals surface area contributed by atoms with E-state index in [1.807, 2.05) is 0 Å². The van der Waals surface area contributed by atoms with Gasteiger partial charge in [-0.05, 0) is 23.9 Å². The average Bonchev–Trinajstić information content (AvgIpc) is 2.18. The predicted molar refractivity (Wildman–Crippen MR) is 51.0 cm³/mol. The maximum atomic E-state index is 11.0. The van der Waals surface area contributed by atoms with E-state index < -0.39 is 5.97 Å². The van der Waals surface area contributed by atoms with Crippen LogP contribution in [0.5, 0.6) is 5.75 Å². The Hall–Kier alpha value is -1.03. The molecule has 0 saturated carbocycles. The lowest BCUT2D eigenvalue weighted by Gasteiger charge is -2.03. The summed E-state index contributed by atoms with van der Waals surface area (Å²) in [7, 11) is 0.296. The molecule has 1 aromatic carbocycles. The Morgan fingerprint density at radius 3 is 2.77 bits per heavy atom. The van der Waals surface area contributed by atoms with Gasteiger partial charge in [-0.25, -0.2) is 4.79 Å². The maximum absolute atomic E-state index is 11.0. The van der Waals surface area contributed by atoms with E-state index in [4.69, 9.17) is 10.4 Å². The van der Waals surface area contributed by atoms with Gasteiger partial charge in [0, 0.05) is 0 Å². The molecule has 0 aliphatic rings. The van der Waals surface area contributed by atoms with Gasteiger partial charge in [0.05, 0.1) is 0 Å². The van der Waals surface area contributed by atoms with Crippen molar-refractivity contribution in [2.24, 2.45) is 5.90 Å².